The van der Waals surface area contributed by atoms with Gasteiger partial charge in [-0.15, -0.1) is 15.0 Å². The van der Waals surface area contributed by atoms with Gasteiger partial charge in [0.25, 0.3) is 11.8 Å². The molecule has 2 aromatic carbocycles. The number of hydrogen-bond acceptors (Lipinski definition) is 5. The number of carbonyl (C=O) groups is 2. The molecular formula is C19H15Cl2FN6O2. The van der Waals surface area contributed by atoms with Gasteiger partial charge in [0.15, 0.2) is 11.5 Å². The zero-order valence-corrected chi connectivity index (χ0v) is 16.9. The first-order valence-electron chi connectivity index (χ1n) is 8.85. The van der Waals surface area contributed by atoms with Crippen LogP contribution in [0.4, 0.5) is 15.9 Å². The second kappa shape index (κ2) is 7.92. The highest BCUT2D eigenvalue weighted by atomic mass is 35.5. The van der Waals surface area contributed by atoms with Gasteiger partial charge in [0.1, 0.15) is 11.9 Å². The first kappa shape index (κ1) is 20.1. The van der Waals surface area contributed by atoms with Gasteiger partial charge in [0.05, 0.1) is 23.1 Å². The van der Waals surface area contributed by atoms with Crippen molar-refractivity contribution in [2.75, 3.05) is 18.4 Å². The van der Waals surface area contributed by atoms with Crippen molar-refractivity contribution in [2.45, 2.75) is 6.17 Å². The van der Waals surface area contributed by atoms with Crippen molar-refractivity contribution in [1.82, 2.24) is 19.9 Å². The van der Waals surface area contributed by atoms with Gasteiger partial charge < -0.3 is 16.0 Å². The summed E-state index contributed by atoms with van der Waals surface area (Å²) in [4.78, 5) is 26.6. The van der Waals surface area contributed by atoms with Crippen molar-refractivity contribution in [1.29, 1.82) is 0 Å². The number of nitrogens with zero attached hydrogens (tertiary/aromatic N) is 4. The van der Waals surface area contributed by atoms with E-state index in [0.717, 1.165) is 4.80 Å². The third-order valence-electron chi connectivity index (χ3n) is 4.50. The van der Waals surface area contributed by atoms with Crippen LogP contribution in [0.25, 0.3) is 5.69 Å². The summed E-state index contributed by atoms with van der Waals surface area (Å²) in [7, 11) is 0. The predicted octanol–water partition coefficient (Wildman–Crippen LogP) is 3.21. The van der Waals surface area contributed by atoms with E-state index in [4.69, 9.17) is 28.9 Å². The van der Waals surface area contributed by atoms with Gasteiger partial charge in [0.2, 0.25) is 0 Å². The highest BCUT2D eigenvalue weighted by Crippen LogP contribution is 2.29. The van der Waals surface area contributed by atoms with Crippen LogP contribution in [0.15, 0.2) is 42.5 Å². The molecule has 3 N–H and O–H groups in total. The lowest BCUT2D eigenvalue weighted by molar-refractivity contribution is 0.0400. The number of nitrogens with two attached hydrogens (primary N) is 1. The molecule has 0 unspecified atom stereocenters. The lowest BCUT2D eigenvalue weighted by Gasteiger charge is -2.34. The number of halogens is 3. The van der Waals surface area contributed by atoms with Gasteiger partial charge in [-0.3, -0.25) is 9.59 Å². The molecule has 0 radical (unpaired) electrons. The standard InChI is InChI=1S/C19H15Cl2FN6O2/c20-13-2-1-3-14(21)16(13)28-25-15(17(23)29)18(26-28)24-12-6-4-10(5-7-12)19(30)27-8-11(22)9-27/h1-7,11H,8-9H2,(H2,23,29)(H,24,26). The molecule has 1 aliphatic rings. The van der Waals surface area contributed by atoms with E-state index in [9.17, 15) is 14.0 Å². The highest BCUT2D eigenvalue weighted by molar-refractivity contribution is 6.37. The maximum atomic E-state index is 13.0. The number of benzene rings is 2. The lowest BCUT2D eigenvalue weighted by Crippen LogP contribution is -2.51. The third kappa shape index (κ3) is 3.81. The summed E-state index contributed by atoms with van der Waals surface area (Å²) in [5, 5.41) is 11.9. The Bertz CT molecular complexity index is 1110. The van der Waals surface area contributed by atoms with E-state index in [-0.39, 0.29) is 30.5 Å². The van der Waals surface area contributed by atoms with Gasteiger partial charge in [-0.25, -0.2) is 4.39 Å². The first-order chi connectivity index (χ1) is 14.3. The molecule has 1 aliphatic heterocycles. The molecule has 0 aliphatic carbocycles. The minimum absolute atomic E-state index is 0.0978. The Labute approximate surface area is 180 Å². The number of rotatable bonds is 5. The molecule has 0 saturated carbocycles. The van der Waals surface area contributed by atoms with Crippen molar-refractivity contribution in [3.8, 4) is 5.69 Å². The Balaban J connectivity index is 1.59. The van der Waals surface area contributed by atoms with Crippen LogP contribution in [0.2, 0.25) is 10.0 Å². The van der Waals surface area contributed by atoms with E-state index >= 15 is 0 Å². The monoisotopic (exact) mass is 448 g/mol. The van der Waals surface area contributed by atoms with E-state index in [2.05, 4.69) is 15.5 Å². The maximum Gasteiger partial charge on any atom is 0.273 e. The smallest absolute Gasteiger partial charge is 0.273 e. The molecule has 1 fully saturated rings. The summed E-state index contributed by atoms with van der Waals surface area (Å²) >= 11 is 12.4. The molecule has 4 rings (SSSR count). The van der Waals surface area contributed by atoms with Crippen molar-refractivity contribution in [3.63, 3.8) is 0 Å². The Morgan fingerprint density at radius 3 is 2.27 bits per heavy atom. The molecule has 2 heterocycles. The second-order valence-corrected chi connectivity index (χ2v) is 7.45. The number of anilines is 2. The Morgan fingerprint density at radius 2 is 1.70 bits per heavy atom. The van der Waals surface area contributed by atoms with Crippen LogP contribution in [0.5, 0.6) is 0 Å². The topological polar surface area (TPSA) is 106 Å². The van der Waals surface area contributed by atoms with Crippen molar-refractivity contribution >= 4 is 46.5 Å². The molecule has 8 nitrogen and oxygen atoms in total. The van der Waals surface area contributed by atoms with Gasteiger partial charge in [0, 0.05) is 11.3 Å². The quantitative estimate of drug-likeness (QED) is 0.623. The van der Waals surface area contributed by atoms with Gasteiger partial charge in [-0.05, 0) is 36.4 Å². The molecule has 0 atom stereocenters. The summed E-state index contributed by atoms with van der Waals surface area (Å²) in [6.45, 7) is 0.211. The SMILES string of the molecule is NC(=O)c1nn(-c2c(Cl)cccc2Cl)nc1Nc1ccc(C(=O)N2CC(F)C2)cc1. The van der Waals surface area contributed by atoms with E-state index in [1.807, 2.05) is 0 Å². The third-order valence-corrected chi connectivity index (χ3v) is 5.11. The molecular weight excluding hydrogens is 434 g/mol. The molecule has 154 valence electrons. The Hall–Kier alpha value is -3.17. The van der Waals surface area contributed by atoms with Crippen LogP contribution in [-0.2, 0) is 0 Å². The number of alkyl halides is 1. The number of carbonyl (C=O) groups excluding carboxylic acids is 2. The summed E-state index contributed by atoms with van der Waals surface area (Å²) in [6, 6.07) is 11.3. The molecule has 1 aromatic heterocycles. The van der Waals surface area contributed by atoms with E-state index < -0.39 is 12.1 Å². The van der Waals surface area contributed by atoms with Crippen molar-refractivity contribution in [2.24, 2.45) is 5.73 Å². The van der Waals surface area contributed by atoms with E-state index in [1.165, 1.54) is 4.90 Å². The van der Waals surface area contributed by atoms with Gasteiger partial charge in [-0.1, -0.05) is 29.3 Å². The molecule has 3 aromatic rings. The van der Waals surface area contributed by atoms with E-state index in [0.29, 0.717) is 27.0 Å². The fourth-order valence-corrected chi connectivity index (χ4v) is 3.49. The van der Waals surface area contributed by atoms with Crippen LogP contribution in [0, 0.1) is 0 Å². The largest absolute Gasteiger partial charge is 0.364 e. The fourth-order valence-electron chi connectivity index (χ4n) is 2.94. The van der Waals surface area contributed by atoms with Crippen LogP contribution in [0.1, 0.15) is 20.8 Å². The van der Waals surface area contributed by atoms with Gasteiger partial charge >= 0.3 is 0 Å². The number of amides is 2. The highest BCUT2D eigenvalue weighted by Gasteiger charge is 2.30. The molecule has 30 heavy (non-hydrogen) atoms. The number of hydrogen-bond donors (Lipinski definition) is 2. The Morgan fingerprint density at radius 1 is 1.07 bits per heavy atom. The summed E-state index contributed by atoms with van der Waals surface area (Å²) in [5.74, 6) is -0.939. The zero-order chi connectivity index (χ0) is 21.4. The predicted molar refractivity (Wildman–Crippen MR) is 110 cm³/mol. The van der Waals surface area contributed by atoms with Crippen molar-refractivity contribution < 1.29 is 14.0 Å². The normalized spacial score (nSPS) is 13.8. The summed E-state index contributed by atoms with van der Waals surface area (Å²) in [6.07, 6.45) is -0.962. The van der Waals surface area contributed by atoms with Gasteiger partial charge in [-0.2, -0.15) is 0 Å². The zero-order valence-electron chi connectivity index (χ0n) is 15.3. The molecule has 1 saturated heterocycles. The number of nitrogens with one attached hydrogen (secondary N) is 1. The number of para-hydroxylation sites is 1. The minimum Gasteiger partial charge on any atom is -0.364 e. The Kier molecular flexibility index (Phi) is 5.31. The van der Waals surface area contributed by atoms with Crippen LogP contribution in [-0.4, -0.2) is 51.0 Å². The summed E-state index contributed by atoms with van der Waals surface area (Å²) < 4.78 is 13.0. The van der Waals surface area contributed by atoms with Crippen LogP contribution >= 0.6 is 23.2 Å². The van der Waals surface area contributed by atoms with Crippen molar-refractivity contribution in [3.05, 3.63) is 63.8 Å². The molecule has 11 heteroatoms. The first-order valence-corrected chi connectivity index (χ1v) is 9.61. The van der Waals surface area contributed by atoms with E-state index in [1.54, 1.807) is 42.5 Å². The number of likely N-dealkylation sites (tertiary alicyclic amines) is 1. The fraction of sp³-hybridized carbons (Fsp3) is 0.158. The average molecular weight is 449 g/mol. The van der Waals surface area contributed by atoms with Crippen LogP contribution < -0.4 is 11.1 Å². The lowest BCUT2D eigenvalue weighted by atomic mass is 10.1. The second-order valence-electron chi connectivity index (χ2n) is 6.63. The maximum absolute atomic E-state index is 13.0. The number of primary amides is 1. The summed E-state index contributed by atoms with van der Waals surface area (Å²) in [5.41, 5.74) is 6.58. The molecule has 2 amide bonds. The molecule has 0 spiro atoms. The minimum atomic E-state index is -0.962. The molecule has 0 bridgehead atoms. The van der Waals surface area contributed by atoms with Crippen LogP contribution in [0.3, 0.4) is 0 Å². The average Bonchev–Trinajstić information content (AvgIpc) is 3.09. The number of aromatic nitrogens is 3.